The van der Waals surface area contributed by atoms with Crippen LogP contribution in [0.15, 0.2) is 28.8 Å². The summed E-state index contributed by atoms with van der Waals surface area (Å²) in [4.78, 5) is 25.7. The minimum absolute atomic E-state index is 0.109. The molecule has 1 aromatic heterocycles. The monoisotopic (exact) mass is 446 g/mol. The van der Waals surface area contributed by atoms with E-state index >= 15 is 0 Å². The van der Waals surface area contributed by atoms with Gasteiger partial charge in [0.15, 0.2) is 15.6 Å². The molecule has 0 fully saturated rings. The molecule has 0 bridgehead atoms. The number of benzene rings is 1. The molecule has 0 saturated carbocycles. The number of carbonyl (C=O) groups excluding carboxylic acids is 2. The van der Waals surface area contributed by atoms with Crippen molar-refractivity contribution in [1.82, 2.24) is 9.78 Å². The molecule has 2 aromatic rings. The van der Waals surface area contributed by atoms with E-state index in [9.17, 15) is 18.0 Å². The number of allylic oxidation sites excluding steroid dienone is 2. The molecular weight excluding hydrogens is 416 g/mol. The minimum Gasteiger partial charge on any atom is -0.407 e. The average molecular weight is 447 g/mol. The van der Waals surface area contributed by atoms with Crippen molar-refractivity contribution < 1.29 is 22.7 Å². The molecule has 0 aliphatic heterocycles. The van der Waals surface area contributed by atoms with E-state index in [1.807, 2.05) is 34.6 Å². The first-order valence-corrected chi connectivity index (χ1v) is 12.1. The maximum absolute atomic E-state index is 13.5. The first-order valence-electron chi connectivity index (χ1n) is 10.2. The van der Waals surface area contributed by atoms with Crippen LogP contribution in [-0.2, 0) is 21.2 Å². The Morgan fingerprint density at radius 3 is 2.26 bits per heavy atom. The Morgan fingerprint density at radius 1 is 1.10 bits per heavy atom. The first-order chi connectivity index (χ1) is 14.4. The molecule has 0 spiro atoms. The van der Waals surface area contributed by atoms with Gasteiger partial charge in [0.2, 0.25) is 5.88 Å². The number of hydrogen-bond acceptors (Lipinski definition) is 6. The molecule has 0 atom stereocenters. The van der Waals surface area contributed by atoms with Gasteiger partial charge in [0.05, 0.1) is 11.1 Å². The maximum atomic E-state index is 13.5. The van der Waals surface area contributed by atoms with Crippen LogP contribution in [0, 0.1) is 6.92 Å². The van der Waals surface area contributed by atoms with Crippen LogP contribution in [0.2, 0.25) is 0 Å². The fourth-order valence-corrected chi connectivity index (χ4v) is 4.32. The summed E-state index contributed by atoms with van der Waals surface area (Å²) in [5.74, 6) is -0.700. The number of nitrogens with zero attached hydrogens (tertiary/aromatic N) is 2. The highest BCUT2D eigenvalue weighted by Crippen LogP contribution is 2.33. The molecule has 7 nitrogen and oxygen atoms in total. The van der Waals surface area contributed by atoms with Gasteiger partial charge in [-0.25, -0.2) is 13.1 Å². The largest absolute Gasteiger partial charge is 0.407 e. The molecule has 168 valence electrons. The normalized spacial score (nSPS) is 11.3. The number of esters is 1. The van der Waals surface area contributed by atoms with E-state index in [-0.39, 0.29) is 28.5 Å². The molecule has 0 radical (unpaired) electrons. The molecule has 0 N–H and O–H groups in total. The van der Waals surface area contributed by atoms with Crippen molar-refractivity contribution in [3.63, 3.8) is 0 Å². The van der Waals surface area contributed by atoms with E-state index in [4.69, 9.17) is 4.74 Å². The lowest BCUT2D eigenvalue weighted by molar-refractivity contribution is -0.134. The van der Waals surface area contributed by atoms with Crippen LogP contribution in [0.3, 0.4) is 0 Å². The van der Waals surface area contributed by atoms with Crippen molar-refractivity contribution in [3.8, 4) is 5.88 Å². The van der Waals surface area contributed by atoms with Gasteiger partial charge in [0, 0.05) is 24.8 Å². The maximum Gasteiger partial charge on any atom is 0.312 e. The van der Waals surface area contributed by atoms with Crippen LogP contribution in [0.25, 0.3) is 5.57 Å². The Morgan fingerprint density at radius 2 is 1.74 bits per heavy atom. The zero-order chi connectivity index (χ0) is 23.5. The van der Waals surface area contributed by atoms with Crippen molar-refractivity contribution in [3.05, 3.63) is 46.2 Å². The van der Waals surface area contributed by atoms with Crippen LogP contribution < -0.4 is 4.74 Å². The Kier molecular flexibility index (Phi) is 7.59. The Labute approximate surface area is 184 Å². The van der Waals surface area contributed by atoms with E-state index in [1.165, 1.54) is 23.0 Å². The van der Waals surface area contributed by atoms with Crippen LogP contribution in [0.5, 0.6) is 5.88 Å². The summed E-state index contributed by atoms with van der Waals surface area (Å²) in [5, 5.41) is 4.18. The van der Waals surface area contributed by atoms with Gasteiger partial charge < -0.3 is 4.74 Å². The smallest absolute Gasteiger partial charge is 0.312 e. The molecule has 8 heteroatoms. The molecule has 2 rings (SSSR count). The summed E-state index contributed by atoms with van der Waals surface area (Å²) in [5.41, 5.74) is 3.34. The van der Waals surface area contributed by atoms with Gasteiger partial charge in [-0.15, -0.1) is 0 Å². The molecule has 0 unspecified atom stereocenters. The highest BCUT2D eigenvalue weighted by molar-refractivity contribution is 7.90. The second kappa shape index (κ2) is 9.60. The molecule has 1 aromatic carbocycles. The Balaban J connectivity index is 2.70. The summed E-state index contributed by atoms with van der Waals surface area (Å²) in [6.45, 7) is 11.5. The predicted molar refractivity (Wildman–Crippen MR) is 120 cm³/mol. The lowest BCUT2D eigenvalue weighted by Crippen LogP contribution is -2.15. The molecule has 0 amide bonds. The molecule has 31 heavy (non-hydrogen) atoms. The SMILES string of the molecule is CCCC(=O)Oc1c(C(=O)c2ccc(S(C)(=O)=O)c(C(C)=C(C)C)c2C)cnn1CC. The minimum atomic E-state index is -3.50. The van der Waals surface area contributed by atoms with Crippen LogP contribution >= 0.6 is 0 Å². The number of sulfone groups is 1. The molecule has 1 heterocycles. The van der Waals surface area contributed by atoms with Crippen molar-refractivity contribution >= 4 is 27.2 Å². The van der Waals surface area contributed by atoms with E-state index in [1.54, 1.807) is 6.92 Å². The zero-order valence-electron chi connectivity index (χ0n) is 19.2. The molecule has 0 aliphatic rings. The zero-order valence-corrected chi connectivity index (χ0v) is 20.0. The van der Waals surface area contributed by atoms with Crippen LogP contribution in [-0.4, -0.2) is 36.2 Å². The van der Waals surface area contributed by atoms with Crippen molar-refractivity contribution in [1.29, 1.82) is 0 Å². The van der Waals surface area contributed by atoms with Crippen molar-refractivity contribution in [2.24, 2.45) is 0 Å². The average Bonchev–Trinajstić information content (AvgIpc) is 3.08. The number of ketones is 1. The quantitative estimate of drug-likeness (QED) is 0.441. The number of aryl methyl sites for hydroxylation is 1. The Bertz CT molecular complexity index is 1150. The summed E-state index contributed by atoms with van der Waals surface area (Å²) >= 11 is 0. The number of hydrogen-bond donors (Lipinski definition) is 0. The summed E-state index contributed by atoms with van der Waals surface area (Å²) in [6, 6.07) is 2.97. The lowest BCUT2D eigenvalue weighted by atomic mass is 9.91. The van der Waals surface area contributed by atoms with E-state index in [0.717, 1.165) is 17.4 Å². The predicted octanol–water partition coefficient (Wildman–Crippen LogP) is 4.36. The molecular formula is C23H30N2O5S. The number of rotatable bonds is 8. The van der Waals surface area contributed by atoms with Crippen molar-refractivity contribution in [2.75, 3.05) is 6.26 Å². The fraction of sp³-hybridized carbons (Fsp3) is 0.435. The van der Waals surface area contributed by atoms with Gasteiger partial charge in [-0.3, -0.25) is 9.59 Å². The van der Waals surface area contributed by atoms with E-state index < -0.39 is 15.8 Å². The number of ether oxygens (including phenoxy) is 1. The number of aromatic nitrogens is 2. The van der Waals surface area contributed by atoms with Gasteiger partial charge in [0.1, 0.15) is 5.56 Å². The van der Waals surface area contributed by atoms with Gasteiger partial charge in [-0.1, -0.05) is 12.5 Å². The Hall–Kier alpha value is -2.74. The first kappa shape index (κ1) is 24.5. The highest BCUT2D eigenvalue weighted by Gasteiger charge is 2.26. The van der Waals surface area contributed by atoms with E-state index in [0.29, 0.717) is 29.7 Å². The fourth-order valence-electron chi connectivity index (χ4n) is 3.33. The standard InChI is InChI=1S/C23H30N2O5S/c1-8-10-20(26)30-23-18(13-24-25(23)9-2)22(27)17-11-12-19(31(7,28)29)21(16(17)6)15(5)14(3)4/h11-13H,8-10H2,1-7H3. The summed E-state index contributed by atoms with van der Waals surface area (Å²) in [6.07, 6.45) is 3.40. The third-order valence-electron chi connectivity index (χ3n) is 5.20. The topological polar surface area (TPSA) is 95.3 Å². The van der Waals surface area contributed by atoms with Gasteiger partial charge in [-0.05, 0) is 69.9 Å². The van der Waals surface area contributed by atoms with E-state index in [2.05, 4.69) is 5.10 Å². The number of carbonyl (C=O) groups is 2. The van der Waals surface area contributed by atoms with Gasteiger partial charge in [0.25, 0.3) is 0 Å². The van der Waals surface area contributed by atoms with Crippen molar-refractivity contribution in [2.45, 2.75) is 65.8 Å². The third-order valence-corrected chi connectivity index (χ3v) is 6.33. The third kappa shape index (κ3) is 5.12. The lowest BCUT2D eigenvalue weighted by Gasteiger charge is -2.17. The molecule has 0 aliphatic carbocycles. The summed E-state index contributed by atoms with van der Waals surface area (Å²) < 4.78 is 31.7. The van der Waals surface area contributed by atoms with Crippen LogP contribution in [0.4, 0.5) is 0 Å². The second-order valence-electron chi connectivity index (χ2n) is 7.74. The second-order valence-corrected chi connectivity index (χ2v) is 9.72. The van der Waals surface area contributed by atoms with Gasteiger partial charge >= 0.3 is 5.97 Å². The summed E-state index contributed by atoms with van der Waals surface area (Å²) in [7, 11) is -3.50. The highest BCUT2D eigenvalue weighted by atomic mass is 32.2. The van der Waals surface area contributed by atoms with Gasteiger partial charge in [-0.2, -0.15) is 5.10 Å². The molecule has 0 saturated heterocycles. The van der Waals surface area contributed by atoms with Crippen LogP contribution in [0.1, 0.15) is 74.5 Å².